The van der Waals surface area contributed by atoms with Gasteiger partial charge in [0.25, 0.3) is 5.56 Å². The van der Waals surface area contributed by atoms with Crippen molar-refractivity contribution in [2.75, 3.05) is 13.7 Å². The summed E-state index contributed by atoms with van der Waals surface area (Å²) in [6.45, 7) is 0.191. The van der Waals surface area contributed by atoms with Gasteiger partial charge in [0.2, 0.25) is 5.91 Å². The molecular formula is C21H18ClF2N3O3. The second-order valence-corrected chi connectivity index (χ2v) is 7.61. The Hall–Kier alpha value is -2.81. The first-order valence-corrected chi connectivity index (χ1v) is 9.55. The van der Waals surface area contributed by atoms with E-state index in [1.54, 1.807) is 31.3 Å². The Morgan fingerprint density at radius 2 is 1.97 bits per heavy atom. The van der Waals surface area contributed by atoms with Crippen molar-refractivity contribution in [2.24, 2.45) is 5.73 Å². The van der Waals surface area contributed by atoms with E-state index in [1.165, 1.54) is 4.90 Å². The van der Waals surface area contributed by atoms with Gasteiger partial charge < -0.3 is 20.4 Å². The molecule has 0 saturated carbocycles. The summed E-state index contributed by atoms with van der Waals surface area (Å²) in [7, 11) is 1.55. The van der Waals surface area contributed by atoms with Gasteiger partial charge in [-0.15, -0.1) is 0 Å². The van der Waals surface area contributed by atoms with Gasteiger partial charge in [-0.25, -0.2) is 8.78 Å². The number of likely N-dealkylation sites (N-methyl/N-ethyl adjacent to an activating group) is 1. The number of halogens is 3. The number of carbonyl (C=O) groups is 1. The van der Waals surface area contributed by atoms with Crippen molar-refractivity contribution in [3.05, 3.63) is 80.2 Å². The van der Waals surface area contributed by atoms with Crippen molar-refractivity contribution < 1.29 is 18.3 Å². The highest BCUT2D eigenvalue weighted by atomic mass is 35.5. The van der Waals surface area contributed by atoms with Crippen molar-refractivity contribution in [1.29, 1.82) is 0 Å². The number of benzene rings is 2. The number of hydrogen-bond acceptors (Lipinski definition) is 4. The summed E-state index contributed by atoms with van der Waals surface area (Å²) in [6, 6.07) is 6.86. The number of ether oxygens (including phenoxy) is 1. The molecule has 1 amide bonds. The fourth-order valence-electron chi connectivity index (χ4n) is 3.76. The van der Waals surface area contributed by atoms with Crippen LogP contribution in [0.4, 0.5) is 8.78 Å². The molecule has 0 unspecified atom stereocenters. The van der Waals surface area contributed by atoms with Crippen LogP contribution in [0.1, 0.15) is 28.9 Å². The molecule has 0 spiro atoms. The topological polar surface area (TPSA) is 88.4 Å². The first kappa shape index (κ1) is 20.5. The van der Waals surface area contributed by atoms with Gasteiger partial charge in [-0.3, -0.25) is 9.59 Å². The molecule has 9 heteroatoms. The molecule has 30 heavy (non-hydrogen) atoms. The lowest BCUT2D eigenvalue weighted by atomic mass is 9.94. The third-order valence-electron chi connectivity index (χ3n) is 5.33. The summed E-state index contributed by atoms with van der Waals surface area (Å²) in [4.78, 5) is 29.5. The van der Waals surface area contributed by atoms with Crippen LogP contribution in [0.5, 0.6) is 0 Å². The minimum absolute atomic E-state index is 0.000427. The number of nitrogens with zero attached hydrogens (tertiary/aromatic N) is 1. The zero-order chi connectivity index (χ0) is 21.6. The number of rotatable bonds is 3. The highest BCUT2D eigenvalue weighted by Gasteiger charge is 2.33. The Morgan fingerprint density at radius 3 is 2.67 bits per heavy atom. The number of hydrogen-bond donors (Lipinski definition) is 2. The standard InChI is InChI=1S/C21H18ClF2N3O3/c1-27(21(29)19(25)10-3-2-4-11(22)5-10)17-9-30-8-16-18(17)12-6-14(23)15(24)7-13(12)20(28)26-16/h2-7,17,19H,8-9,25H2,1H3,(H,26,28)/t17-,19-/m1/s1. The summed E-state index contributed by atoms with van der Waals surface area (Å²) in [5.74, 6) is -2.62. The van der Waals surface area contributed by atoms with E-state index in [0.29, 0.717) is 21.8 Å². The lowest BCUT2D eigenvalue weighted by Gasteiger charge is -2.35. The van der Waals surface area contributed by atoms with E-state index >= 15 is 0 Å². The lowest BCUT2D eigenvalue weighted by Crippen LogP contribution is -2.42. The number of amides is 1. The predicted octanol–water partition coefficient (Wildman–Crippen LogP) is 3.19. The SMILES string of the molecule is CN(C(=O)[C@H](N)c1cccc(Cl)c1)[C@@H]1COCc2[nH]c(=O)c3cc(F)c(F)cc3c21. The van der Waals surface area contributed by atoms with Gasteiger partial charge >= 0.3 is 0 Å². The average Bonchev–Trinajstić information content (AvgIpc) is 2.73. The van der Waals surface area contributed by atoms with Gasteiger partial charge in [-0.05, 0) is 35.2 Å². The van der Waals surface area contributed by atoms with Crippen LogP contribution in [-0.2, 0) is 16.1 Å². The number of aromatic nitrogens is 1. The Balaban J connectivity index is 1.78. The fraction of sp³-hybridized carbons (Fsp3) is 0.238. The van der Waals surface area contributed by atoms with Gasteiger partial charge in [0.15, 0.2) is 11.6 Å². The number of carbonyl (C=O) groups excluding carboxylic acids is 1. The Bertz CT molecular complexity index is 1210. The number of H-pyrrole nitrogens is 1. The number of nitrogens with one attached hydrogen (secondary N) is 1. The smallest absolute Gasteiger partial charge is 0.256 e. The maximum Gasteiger partial charge on any atom is 0.256 e. The Morgan fingerprint density at radius 1 is 1.27 bits per heavy atom. The minimum Gasteiger partial charge on any atom is -0.373 e. The maximum atomic E-state index is 14.0. The molecule has 0 saturated heterocycles. The zero-order valence-corrected chi connectivity index (χ0v) is 16.7. The van der Waals surface area contributed by atoms with E-state index in [4.69, 9.17) is 22.1 Å². The third kappa shape index (κ3) is 3.47. The highest BCUT2D eigenvalue weighted by molar-refractivity contribution is 6.30. The molecule has 156 valence electrons. The number of aromatic amines is 1. The van der Waals surface area contributed by atoms with E-state index in [9.17, 15) is 18.4 Å². The molecule has 4 rings (SSSR count). The van der Waals surface area contributed by atoms with E-state index < -0.39 is 35.2 Å². The largest absolute Gasteiger partial charge is 0.373 e. The second-order valence-electron chi connectivity index (χ2n) is 7.17. The second kappa shape index (κ2) is 7.79. The number of fused-ring (bicyclic) bond motifs is 3. The van der Waals surface area contributed by atoms with Crippen LogP contribution in [0, 0.1) is 11.6 Å². The van der Waals surface area contributed by atoms with Crippen LogP contribution in [0.2, 0.25) is 5.02 Å². The van der Waals surface area contributed by atoms with Crippen LogP contribution >= 0.6 is 11.6 Å². The van der Waals surface area contributed by atoms with Crippen molar-refractivity contribution >= 4 is 28.3 Å². The summed E-state index contributed by atoms with van der Waals surface area (Å²) in [5, 5.41) is 0.683. The van der Waals surface area contributed by atoms with E-state index in [2.05, 4.69) is 4.98 Å². The van der Waals surface area contributed by atoms with E-state index in [0.717, 1.165) is 12.1 Å². The minimum atomic E-state index is -1.12. The van der Waals surface area contributed by atoms with Crippen molar-refractivity contribution in [2.45, 2.75) is 18.7 Å². The Labute approximate surface area is 175 Å². The summed E-state index contributed by atoms with van der Waals surface area (Å²) < 4.78 is 33.3. The van der Waals surface area contributed by atoms with Gasteiger partial charge in [0, 0.05) is 23.3 Å². The number of pyridine rings is 1. The molecule has 1 aromatic heterocycles. The normalized spacial score (nSPS) is 16.9. The molecule has 1 aliphatic rings. The molecular weight excluding hydrogens is 416 g/mol. The highest BCUT2D eigenvalue weighted by Crippen LogP contribution is 2.34. The van der Waals surface area contributed by atoms with Gasteiger partial charge in [-0.1, -0.05) is 23.7 Å². The molecule has 3 N–H and O–H groups in total. The molecule has 2 heterocycles. The van der Waals surface area contributed by atoms with Crippen LogP contribution in [0.15, 0.2) is 41.2 Å². The van der Waals surface area contributed by atoms with Gasteiger partial charge in [-0.2, -0.15) is 0 Å². The Kier molecular flexibility index (Phi) is 5.31. The molecule has 2 aromatic carbocycles. The van der Waals surface area contributed by atoms with Crippen molar-refractivity contribution in [3.63, 3.8) is 0 Å². The van der Waals surface area contributed by atoms with Crippen LogP contribution in [0.3, 0.4) is 0 Å². The first-order chi connectivity index (χ1) is 14.3. The molecule has 1 aliphatic heterocycles. The molecule has 0 bridgehead atoms. The maximum absolute atomic E-state index is 14.0. The quantitative estimate of drug-likeness (QED) is 0.664. The fourth-order valence-corrected chi connectivity index (χ4v) is 3.96. The predicted molar refractivity (Wildman–Crippen MR) is 108 cm³/mol. The van der Waals surface area contributed by atoms with Crippen molar-refractivity contribution in [3.8, 4) is 0 Å². The molecule has 0 aliphatic carbocycles. The summed E-state index contributed by atoms with van der Waals surface area (Å²) in [5.41, 5.74) is 7.05. The van der Waals surface area contributed by atoms with Crippen LogP contribution in [-0.4, -0.2) is 29.4 Å². The molecule has 0 fully saturated rings. The first-order valence-electron chi connectivity index (χ1n) is 9.17. The number of nitrogens with two attached hydrogens (primary N) is 1. The molecule has 2 atom stereocenters. The molecule has 6 nitrogen and oxygen atoms in total. The summed E-state index contributed by atoms with van der Waals surface area (Å²) in [6.07, 6.45) is 0. The molecule has 0 radical (unpaired) electrons. The average molecular weight is 434 g/mol. The van der Waals surface area contributed by atoms with Crippen LogP contribution in [0.25, 0.3) is 10.8 Å². The van der Waals surface area contributed by atoms with E-state index in [1.807, 2.05) is 0 Å². The molecule has 3 aromatic rings. The lowest BCUT2D eigenvalue weighted by molar-refractivity contribution is -0.135. The van der Waals surface area contributed by atoms with Gasteiger partial charge in [0.05, 0.1) is 24.6 Å². The van der Waals surface area contributed by atoms with Gasteiger partial charge in [0.1, 0.15) is 6.04 Å². The third-order valence-corrected chi connectivity index (χ3v) is 5.56. The van der Waals surface area contributed by atoms with E-state index in [-0.39, 0.29) is 24.0 Å². The van der Waals surface area contributed by atoms with Crippen LogP contribution < -0.4 is 11.3 Å². The summed E-state index contributed by atoms with van der Waals surface area (Å²) >= 11 is 6.00. The zero-order valence-electron chi connectivity index (χ0n) is 15.9. The van der Waals surface area contributed by atoms with Crippen molar-refractivity contribution in [1.82, 2.24) is 9.88 Å². The monoisotopic (exact) mass is 433 g/mol.